The van der Waals surface area contributed by atoms with Crippen molar-refractivity contribution < 1.29 is 9.47 Å². The third kappa shape index (κ3) is 3.87. The Morgan fingerprint density at radius 1 is 1.21 bits per heavy atom. The SMILES string of the molecule is C=CCOc1ccc(/C=c2\sc3nc(-c4ccc(Cl)cc4)nn3c2=O)cc1OC. The van der Waals surface area contributed by atoms with E-state index in [-0.39, 0.29) is 5.56 Å². The van der Waals surface area contributed by atoms with Crippen LogP contribution in [0.1, 0.15) is 5.56 Å². The van der Waals surface area contributed by atoms with Crippen LogP contribution in [0, 0.1) is 0 Å². The van der Waals surface area contributed by atoms with Gasteiger partial charge in [-0.05, 0) is 48.0 Å². The molecule has 0 unspecified atom stereocenters. The molecule has 0 fully saturated rings. The highest BCUT2D eigenvalue weighted by atomic mass is 35.5. The number of ether oxygens (including phenoxy) is 2. The van der Waals surface area contributed by atoms with E-state index in [1.54, 1.807) is 37.5 Å². The third-order valence-corrected chi connectivity index (χ3v) is 5.34. The fourth-order valence-electron chi connectivity index (χ4n) is 2.75. The second-order valence-corrected chi connectivity index (χ2v) is 7.51. The molecule has 29 heavy (non-hydrogen) atoms. The summed E-state index contributed by atoms with van der Waals surface area (Å²) in [6, 6.07) is 12.6. The van der Waals surface area contributed by atoms with Crippen LogP contribution < -0.4 is 19.6 Å². The van der Waals surface area contributed by atoms with Crippen molar-refractivity contribution in [3.8, 4) is 22.9 Å². The number of nitrogens with zero attached hydrogens (tertiary/aromatic N) is 3. The first-order chi connectivity index (χ1) is 14.1. The fourth-order valence-corrected chi connectivity index (χ4v) is 3.78. The molecular formula is C21H16ClN3O3S. The predicted molar refractivity (Wildman–Crippen MR) is 115 cm³/mol. The highest BCUT2D eigenvalue weighted by Crippen LogP contribution is 2.28. The van der Waals surface area contributed by atoms with Gasteiger partial charge in [-0.15, -0.1) is 5.10 Å². The maximum absolute atomic E-state index is 12.7. The molecule has 0 amide bonds. The van der Waals surface area contributed by atoms with Gasteiger partial charge >= 0.3 is 0 Å². The van der Waals surface area contributed by atoms with Crippen LogP contribution in [0.3, 0.4) is 0 Å². The van der Waals surface area contributed by atoms with E-state index in [0.717, 1.165) is 11.1 Å². The average Bonchev–Trinajstić information content (AvgIpc) is 3.27. The van der Waals surface area contributed by atoms with E-state index in [2.05, 4.69) is 16.7 Å². The number of fused-ring (bicyclic) bond motifs is 1. The van der Waals surface area contributed by atoms with E-state index in [1.165, 1.54) is 15.9 Å². The van der Waals surface area contributed by atoms with Gasteiger partial charge in [0.25, 0.3) is 5.56 Å². The van der Waals surface area contributed by atoms with Crippen molar-refractivity contribution in [1.29, 1.82) is 0 Å². The Kier molecular flexibility index (Phi) is 5.33. The molecule has 0 aliphatic carbocycles. The second-order valence-electron chi connectivity index (χ2n) is 6.06. The first-order valence-corrected chi connectivity index (χ1v) is 9.87. The largest absolute Gasteiger partial charge is 0.493 e. The van der Waals surface area contributed by atoms with Crippen LogP contribution in [0.15, 0.2) is 59.9 Å². The Morgan fingerprint density at radius 3 is 2.69 bits per heavy atom. The molecule has 0 spiro atoms. The number of methoxy groups -OCH3 is 1. The summed E-state index contributed by atoms with van der Waals surface area (Å²) in [6.45, 7) is 4.02. The van der Waals surface area contributed by atoms with Gasteiger partial charge in [0, 0.05) is 10.6 Å². The molecule has 0 N–H and O–H groups in total. The molecule has 0 aliphatic rings. The summed E-state index contributed by atoms with van der Waals surface area (Å²) >= 11 is 7.20. The molecule has 8 heteroatoms. The zero-order valence-corrected chi connectivity index (χ0v) is 17.0. The Morgan fingerprint density at radius 2 is 2.00 bits per heavy atom. The molecule has 0 saturated carbocycles. The normalized spacial score (nSPS) is 11.7. The summed E-state index contributed by atoms with van der Waals surface area (Å²) < 4.78 is 12.8. The smallest absolute Gasteiger partial charge is 0.291 e. The number of halogens is 1. The molecule has 0 atom stereocenters. The molecule has 4 rings (SSSR count). The molecule has 0 saturated heterocycles. The van der Waals surface area contributed by atoms with Gasteiger partial charge < -0.3 is 9.47 Å². The standard InChI is InChI=1S/C21H16ClN3O3S/c1-3-10-28-16-9-4-13(11-17(16)27-2)12-18-20(26)25-21(29-18)23-19(24-25)14-5-7-15(22)8-6-14/h3-9,11-12H,1,10H2,2H3/b18-12-. The minimum atomic E-state index is -0.219. The summed E-state index contributed by atoms with van der Waals surface area (Å²) in [6.07, 6.45) is 3.45. The fraction of sp³-hybridized carbons (Fsp3) is 0.0952. The lowest BCUT2D eigenvalue weighted by Crippen LogP contribution is -2.23. The van der Waals surface area contributed by atoms with Crippen LogP contribution in [0.25, 0.3) is 22.4 Å². The second kappa shape index (κ2) is 8.06. The monoisotopic (exact) mass is 425 g/mol. The van der Waals surface area contributed by atoms with Crippen molar-refractivity contribution in [2.75, 3.05) is 13.7 Å². The van der Waals surface area contributed by atoms with E-state index >= 15 is 0 Å². The van der Waals surface area contributed by atoms with Crippen molar-refractivity contribution in [3.63, 3.8) is 0 Å². The molecule has 2 aromatic heterocycles. The van der Waals surface area contributed by atoms with Gasteiger partial charge in [0.15, 0.2) is 17.3 Å². The number of benzene rings is 2. The Balaban J connectivity index is 1.71. The van der Waals surface area contributed by atoms with E-state index in [4.69, 9.17) is 21.1 Å². The number of rotatable bonds is 6. The summed E-state index contributed by atoms with van der Waals surface area (Å²) in [7, 11) is 1.57. The molecule has 0 radical (unpaired) electrons. The van der Waals surface area contributed by atoms with Gasteiger partial charge in [-0.1, -0.05) is 41.7 Å². The van der Waals surface area contributed by atoms with Gasteiger partial charge in [-0.2, -0.15) is 9.50 Å². The maximum atomic E-state index is 12.7. The molecule has 2 heterocycles. The van der Waals surface area contributed by atoms with Crippen LogP contribution in [-0.2, 0) is 0 Å². The average molecular weight is 426 g/mol. The van der Waals surface area contributed by atoms with Crippen molar-refractivity contribution in [3.05, 3.63) is 80.6 Å². The van der Waals surface area contributed by atoms with Crippen molar-refractivity contribution in [1.82, 2.24) is 14.6 Å². The number of hydrogen-bond donors (Lipinski definition) is 0. The first kappa shape index (κ1) is 19.2. The van der Waals surface area contributed by atoms with Crippen LogP contribution in [0.4, 0.5) is 0 Å². The number of aromatic nitrogens is 3. The molecule has 2 aromatic carbocycles. The van der Waals surface area contributed by atoms with Gasteiger partial charge in [-0.25, -0.2) is 0 Å². The lowest BCUT2D eigenvalue weighted by molar-refractivity contribution is 0.326. The zero-order chi connectivity index (χ0) is 20.4. The quantitative estimate of drug-likeness (QED) is 0.442. The highest BCUT2D eigenvalue weighted by molar-refractivity contribution is 7.15. The molecule has 0 bridgehead atoms. The van der Waals surface area contributed by atoms with Crippen molar-refractivity contribution in [2.45, 2.75) is 0 Å². The van der Waals surface area contributed by atoms with Crippen molar-refractivity contribution >= 4 is 34.0 Å². The first-order valence-electron chi connectivity index (χ1n) is 8.68. The Bertz CT molecular complexity index is 1300. The van der Waals surface area contributed by atoms with Gasteiger partial charge in [0.2, 0.25) is 4.96 Å². The van der Waals surface area contributed by atoms with E-state index in [0.29, 0.717) is 38.4 Å². The lowest BCUT2D eigenvalue weighted by atomic mass is 10.2. The van der Waals surface area contributed by atoms with Crippen LogP contribution in [0.2, 0.25) is 5.02 Å². The number of thiazole rings is 1. The van der Waals surface area contributed by atoms with E-state index < -0.39 is 0 Å². The summed E-state index contributed by atoms with van der Waals surface area (Å²) in [5, 5.41) is 4.97. The Labute approximate surface area is 175 Å². The van der Waals surface area contributed by atoms with Gasteiger partial charge in [0.1, 0.15) is 6.61 Å². The van der Waals surface area contributed by atoms with Gasteiger partial charge in [-0.3, -0.25) is 4.79 Å². The zero-order valence-electron chi connectivity index (χ0n) is 15.5. The maximum Gasteiger partial charge on any atom is 0.291 e. The van der Waals surface area contributed by atoms with Crippen LogP contribution >= 0.6 is 22.9 Å². The minimum absolute atomic E-state index is 0.219. The van der Waals surface area contributed by atoms with E-state index in [9.17, 15) is 4.79 Å². The van der Waals surface area contributed by atoms with Crippen LogP contribution in [0.5, 0.6) is 11.5 Å². The number of hydrogen-bond acceptors (Lipinski definition) is 6. The molecule has 0 aliphatic heterocycles. The molecule has 4 aromatic rings. The topological polar surface area (TPSA) is 65.7 Å². The molecule has 146 valence electrons. The minimum Gasteiger partial charge on any atom is -0.493 e. The Hall–Kier alpha value is -3.16. The molecular weight excluding hydrogens is 410 g/mol. The van der Waals surface area contributed by atoms with E-state index in [1.807, 2.05) is 24.3 Å². The lowest BCUT2D eigenvalue weighted by Gasteiger charge is -2.09. The van der Waals surface area contributed by atoms with Crippen molar-refractivity contribution in [2.24, 2.45) is 0 Å². The summed E-state index contributed by atoms with van der Waals surface area (Å²) in [4.78, 5) is 17.7. The van der Waals surface area contributed by atoms with Crippen LogP contribution in [-0.4, -0.2) is 28.3 Å². The highest BCUT2D eigenvalue weighted by Gasteiger charge is 2.12. The molecule has 6 nitrogen and oxygen atoms in total. The third-order valence-electron chi connectivity index (χ3n) is 4.13. The van der Waals surface area contributed by atoms with Gasteiger partial charge in [0.05, 0.1) is 11.6 Å². The summed E-state index contributed by atoms with van der Waals surface area (Å²) in [5.74, 6) is 1.68. The summed E-state index contributed by atoms with van der Waals surface area (Å²) in [5.41, 5.74) is 1.39. The predicted octanol–water partition coefficient (Wildman–Crippen LogP) is 3.59.